The van der Waals surface area contributed by atoms with E-state index >= 15 is 0 Å². The van der Waals surface area contributed by atoms with E-state index in [1.165, 1.54) is 11.3 Å². The zero-order valence-corrected chi connectivity index (χ0v) is 12.5. The lowest BCUT2D eigenvalue weighted by atomic mass is 10.2. The van der Waals surface area contributed by atoms with Crippen LogP contribution in [0.15, 0.2) is 0 Å². The predicted octanol–water partition coefficient (Wildman–Crippen LogP) is 2.91. The minimum atomic E-state index is 0.318. The fraction of sp³-hybridized carbons (Fsp3) is 0.714. The molecule has 1 unspecified atom stereocenters. The molecule has 19 heavy (non-hydrogen) atoms. The Morgan fingerprint density at radius 2 is 2.37 bits per heavy atom. The molecular formula is C14H22N2O2S. The lowest BCUT2D eigenvalue weighted by molar-refractivity contribution is 0.112. The molecular weight excluding hydrogens is 260 g/mol. The maximum absolute atomic E-state index is 11.1. The third kappa shape index (κ3) is 3.54. The minimum Gasteiger partial charge on any atom is -0.376 e. The first-order valence-corrected chi connectivity index (χ1v) is 7.91. The molecule has 2 heterocycles. The standard InChI is InChI=1S/C14H22N2O2S/c1-3-6-12-13(10-17)19-14(15-12)16(4-2)9-11-7-5-8-18-11/h10-11H,3-9H2,1-2H3. The van der Waals surface area contributed by atoms with Gasteiger partial charge in [0.1, 0.15) is 0 Å². The van der Waals surface area contributed by atoms with E-state index in [9.17, 15) is 4.79 Å². The number of carbonyl (C=O) groups excluding carboxylic acids is 1. The van der Waals surface area contributed by atoms with Crippen LogP contribution in [0.25, 0.3) is 0 Å². The topological polar surface area (TPSA) is 42.4 Å². The summed E-state index contributed by atoms with van der Waals surface area (Å²) in [5.74, 6) is 0. The highest BCUT2D eigenvalue weighted by molar-refractivity contribution is 7.17. The number of anilines is 1. The molecule has 1 atom stereocenters. The number of aromatic nitrogens is 1. The molecule has 4 nitrogen and oxygen atoms in total. The van der Waals surface area contributed by atoms with E-state index in [-0.39, 0.29) is 0 Å². The molecule has 1 aliphatic rings. The van der Waals surface area contributed by atoms with Gasteiger partial charge in [-0.3, -0.25) is 4.79 Å². The molecule has 0 radical (unpaired) electrons. The first kappa shape index (κ1) is 14.5. The van der Waals surface area contributed by atoms with Gasteiger partial charge in [0.15, 0.2) is 11.4 Å². The lowest BCUT2D eigenvalue weighted by Gasteiger charge is -2.23. The summed E-state index contributed by atoms with van der Waals surface area (Å²) in [5, 5.41) is 0.962. The Hall–Kier alpha value is -0.940. The first-order chi connectivity index (χ1) is 9.28. The molecule has 0 aromatic carbocycles. The number of hydrogen-bond donors (Lipinski definition) is 0. The SMILES string of the molecule is CCCc1nc(N(CC)CC2CCCO2)sc1C=O. The average Bonchev–Trinajstić information content (AvgIpc) is 3.05. The second-order valence-corrected chi connectivity index (χ2v) is 5.86. The number of carbonyl (C=O) groups is 1. The van der Waals surface area contributed by atoms with Crippen molar-refractivity contribution in [1.29, 1.82) is 0 Å². The van der Waals surface area contributed by atoms with Gasteiger partial charge in [-0.1, -0.05) is 24.7 Å². The van der Waals surface area contributed by atoms with E-state index in [1.54, 1.807) is 0 Å². The predicted molar refractivity (Wildman–Crippen MR) is 78.4 cm³/mol. The highest BCUT2D eigenvalue weighted by Crippen LogP contribution is 2.27. The summed E-state index contributed by atoms with van der Waals surface area (Å²) in [4.78, 5) is 18.7. The van der Waals surface area contributed by atoms with E-state index in [0.29, 0.717) is 6.10 Å². The van der Waals surface area contributed by atoms with Crippen molar-refractivity contribution in [2.45, 2.75) is 45.6 Å². The number of hydrogen-bond acceptors (Lipinski definition) is 5. The molecule has 1 saturated heterocycles. The zero-order valence-electron chi connectivity index (χ0n) is 11.7. The number of aldehydes is 1. The number of nitrogens with zero attached hydrogens (tertiary/aromatic N) is 2. The van der Waals surface area contributed by atoms with E-state index in [0.717, 1.165) is 67.4 Å². The third-order valence-corrected chi connectivity index (χ3v) is 4.49. The Labute approximate surface area is 118 Å². The largest absolute Gasteiger partial charge is 0.376 e. The van der Waals surface area contributed by atoms with Crippen molar-refractivity contribution >= 4 is 22.8 Å². The van der Waals surface area contributed by atoms with Crippen molar-refractivity contribution in [2.75, 3.05) is 24.6 Å². The Bertz CT molecular complexity index is 414. The van der Waals surface area contributed by atoms with E-state index in [1.807, 2.05) is 0 Å². The summed E-state index contributed by atoms with van der Waals surface area (Å²) in [5.41, 5.74) is 0.947. The average molecular weight is 282 g/mol. The zero-order chi connectivity index (χ0) is 13.7. The molecule has 0 aliphatic carbocycles. The van der Waals surface area contributed by atoms with Gasteiger partial charge in [-0.15, -0.1) is 0 Å². The van der Waals surface area contributed by atoms with Crippen molar-refractivity contribution in [1.82, 2.24) is 4.98 Å². The van der Waals surface area contributed by atoms with Crippen LogP contribution in [-0.2, 0) is 11.2 Å². The summed E-state index contributed by atoms with van der Waals surface area (Å²) in [6.07, 6.45) is 5.43. The second-order valence-electron chi connectivity index (χ2n) is 4.85. The van der Waals surface area contributed by atoms with Crippen molar-refractivity contribution in [3.8, 4) is 0 Å². The molecule has 0 spiro atoms. The number of rotatable bonds is 7. The van der Waals surface area contributed by atoms with Crippen LogP contribution in [0.5, 0.6) is 0 Å². The lowest BCUT2D eigenvalue weighted by Crippen LogP contribution is -2.31. The molecule has 1 aromatic heterocycles. The smallest absolute Gasteiger partial charge is 0.186 e. The van der Waals surface area contributed by atoms with Crippen LogP contribution in [0.1, 0.15) is 48.5 Å². The Morgan fingerprint density at radius 1 is 1.53 bits per heavy atom. The molecule has 2 rings (SSSR count). The highest BCUT2D eigenvalue weighted by Gasteiger charge is 2.21. The van der Waals surface area contributed by atoms with Crippen LogP contribution in [0.2, 0.25) is 0 Å². The molecule has 0 amide bonds. The van der Waals surface area contributed by atoms with Crippen molar-refractivity contribution in [3.05, 3.63) is 10.6 Å². The van der Waals surface area contributed by atoms with Gasteiger partial charge in [0, 0.05) is 19.7 Å². The first-order valence-electron chi connectivity index (χ1n) is 7.09. The third-order valence-electron chi connectivity index (χ3n) is 3.41. The van der Waals surface area contributed by atoms with Gasteiger partial charge in [0.2, 0.25) is 0 Å². The normalized spacial score (nSPS) is 18.7. The summed E-state index contributed by atoms with van der Waals surface area (Å²) in [7, 11) is 0. The van der Waals surface area contributed by atoms with Gasteiger partial charge in [0.05, 0.1) is 16.7 Å². The summed E-state index contributed by atoms with van der Waals surface area (Å²) >= 11 is 1.51. The van der Waals surface area contributed by atoms with Crippen molar-refractivity contribution < 1.29 is 9.53 Å². The number of aryl methyl sites for hydroxylation is 1. The van der Waals surface area contributed by atoms with Gasteiger partial charge < -0.3 is 9.64 Å². The van der Waals surface area contributed by atoms with Gasteiger partial charge in [-0.2, -0.15) is 0 Å². The molecule has 0 bridgehead atoms. The van der Waals surface area contributed by atoms with E-state index < -0.39 is 0 Å². The van der Waals surface area contributed by atoms with Crippen molar-refractivity contribution in [2.24, 2.45) is 0 Å². The number of thiazole rings is 1. The van der Waals surface area contributed by atoms with Gasteiger partial charge in [0.25, 0.3) is 0 Å². The monoisotopic (exact) mass is 282 g/mol. The van der Waals surface area contributed by atoms with Crippen LogP contribution in [0.4, 0.5) is 5.13 Å². The summed E-state index contributed by atoms with van der Waals surface area (Å²) in [6.45, 7) is 6.89. The maximum Gasteiger partial charge on any atom is 0.186 e. The molecule has 106 valence electrons. The maximum atomic E-state index is 11.1. The number of ether oxygens (including phenoxy) is 1. The molecule has 1 aromatic rings. The Balaban J connectivity index is 2.10. The molecule has 0 saturated carbocycles. The van der Waals surface area contributed by atoms with Gasteiger partial charge >= 0.3 is 0 Å². The van der Waals surface area contributed by atoms with Gasteiger partial charge in [-0.25, -0.2) is 4.98 Å². The van der Waals surface area contributed by atoms with Gasteiger partial charge in [-0.05, 0) is 26.2 Å². The summed E-state index contributed by atoms with van der Waals surface area (Å²) < 4.78 is 5.68. The Morgan fingerprint density at radius 3 is 2.95 bits per heavy atom. The molecule has 5 heteroatoms. The van der Waals surface area contributed by atoms with Crippen LogP contribution < -0.4 is 4.90 Å². The van der Waals surface area contributed by atoms with Crippen molar-refractivity contribution in [3.63, 3.8) is 0 Å². The molecule has 1 aliphatic heterocycles. The minimum absolute atomic E-state index is 0.318. The summed E-state index contributed by atoms with van der Waals surface area (Å²) in [6, 6.07) is 0. The van der Waals surface area contributed by atoms with Crippen LogP contribution in [0, 0.1) is 0 Å². The fourth-order valence-corrected chi connectivity index (χ4v) is 3.37. The Kier molecular flexibility index (Phi) is 5.34. The van der Waals surface area contributed by atoms with E-state index in [4.69, 9.17) is 4.74 Å². The van der Waals surface area contributed by atoms with Crippen LogP contribution in [0.3, 0.4) is 0 Å². The van der Waals surface area contributed by atoms with E-state index in [2.05, 4.69) is 23.7 Å². The quantitative estimate of drug-likeness (QED) is 0.721. The fourth-order valence-electron chi connectivity index (χ4n) is 2.37. The second kappa shape index (κ2) is 7.01. The molecule has 1 fully saturated rings. The number of likely N-dealkylation sites (N-methyl/N-ethyl adjacent to an activating group) is 1. The van der Waals surface area contributed by atoms with Crippen LogP contribution in [-0.4, -0.2) is 37.1 Å². The molecule has 0 N–H and O–H groups in total. The highest BCUT2D eigenvalue weighted by atomic mass is 32.1. The van der Waals surface area contributed by atoms with Crippen LogP contribution >= 0.6 is 11.3 Å².